The number of halogens is 1. The number of pyridine rings is 1. The third-order valence-electron chi connectivity index (χ3n) is 2.67. The number of thiophene rings is 1. The average Bonchev–Trinajstić information content (AvgIpc) is 2.84. The van der Waals surface area contributed by atoms with E-state index in [-0.39, 0.29) is 5.69 Å². The first-order valence-corrected chi connectivity index (χ1v) is 7.38. The van der Waals surface area contributed by atoms with Crippen molar-refractivity contribution < 1.29 is 4.92 Å². The first-order valence-electron chi connectivity index (χ1n) is 5.71. The molecule has 0 aliphatic carbocycles. The maximum atomic E-state index is 10.6. The van der Waals surface area contributed by atoms with Crippen LogP contribution in [0.2, 0.25) is 0 Å². The number of rotatable bonds is 5. The quantitative estimate of drug-likeness (QED) is 0.659. The number of nitrogens with one attached hydrogen (secondary N) is 1. The van der Waals surface area contributed by atoms with Gasteiger partial charge in [0.05, 0.1) is 15.9 Å². The fourth-order valence-corrected chi connectivity index (χ4v) is 3.05. The molecule has 0 aliphatic rings. The molecule has 1 N–H and O–H groups in total. The van der Waals surface area contributed by atoms with Crippen molar-refractivity contribution in [2.75, 3.05) is 5.32 Å². The van der Waals surface area contributed by atoms with Gasteiger partial charge in [-0.25, -0.2) is 4.98 Å². The fourth-order valence-electron chi connectivity index (χ4n) is 1.66. The lowest BCUT2D eigenvalue weighted by Gasteiger charge is -2.07. The second kappa shape index (κ2) is 6.12. The molecule has 0 amide bonds. The van der Waals surface area contributed by atoms with E-state index in [1.54, 1.807) is 11.3 Å². The molecular weight excluding hydrogens is 330 g/mol. The fraction of sp³-hybridized carbons (Fsp3) is 0.250. The number of aryl methyl sites for hydroxylation is 1. The molecule has 0 aromatic carbocycles. The van der Waals surface area contributed by atoms with E-state index in [9.17, 15) is 10.1 Å². The van der Waals surface area contributed by atoms with Crippen LogP contribution in [0.3, 0.4) is 0 Å². The number of aromatic nitrogens is 1. The van der Waals surface area contributed by atoms with Crippen LogP contribution in [0, 0.1) is 10.1 Å². The zero-order valence-corrected chi connectivity index (χ0v) is 12.6. The summed E-state index contributed by atoms with van der Waals surface area (Å²) in [7, 11) is 0. The Balaban J connectivity index is 2.10. The van der Waals surface area contributed by atoms with Crippen molar-refractivity contribution in [1.82, 2.24) is 4.98 Å². The van der Waals surface area contributed by atoms with Crippen LogP contribution in [0.5, 0.6) is 0 Å². The molecule has 0 fully saturated rings. The van der Waals surface area contributed by atoms with Gasteiger partial charge in [0.2, 0.25) is 0 Å². The van der Waals surface area contributed by atoms with Crippen molar-refractivity contribution >= 4 is 38.8 Å². The van der Waals surface area contributed by atoms with Gasteiger partial charge in [-0.3, -0.25) is 10.1 Å². The Morgan fingerprint density at radius 2 is 2.37 bits per heavy atom. The lowest BCUT2D eigenvalue weighted by atomic mass is 10.2. The largest absolute Gasteiger partial charge is 0.364 e. The molecule has 2 aromatic heterocycles. The summed E-state index contributed by atoms with van der Waals surface area (Å²) in [5, 5.41) is 15.9. The minimum Gasteiger partial charge on any atom is -0.364 e. The van der Waals surface area contributed by atoms with Crippen molar-refractivity contribution in [3.8, 4) is 0 Å². The smallest absolute Gasteiger partial charge is 0.288 e. The van der Waals surface area contributed by atoms with E-state index < -0.39 is 4.92 Å². The van der Waals surface area contributed by atoms with Crippen molar-refractivity contribution in [3.63, 3.8) is 0 Å². The predicted octanol–water partition coefficient (Wildman–Crippen LogP) is 3.99. The number of hydrogen-bond donors (Lipinski definition) is 1. The summed E-state index contributed by atoms with van der Waals surface area (Å²) in [5.74, 6) is 0.612. The van der Waals surface area contributed by atoms with Crippen LogP contribution < -0.4 is 5.32 Å². The number of nitro groups is 1. The molecule has 0 spiro atoms. The first kappa shape index (κ1) is 14.0. The highest BCUT2D eigenvalue weighted by Crippen LogP contribution is 2.26. The second-order valence-corrected chi connectivity index (χ2v) is 5.71. The van der Waals surface area contributed by atoms with Crippen LogP contribution in [-0.2, 0) is 13.0 Å². The van der Waals surface area contributed by atoms with Gasteiger partial charge in [-0.1, -0.05) is 6.92 Å². The predicted molar refractivity (Wildman–Crippen MR) is 79.6 cm³/mol. The van der Waals surface area contributed by atoms with Gasteiger partial charge in [0.25, 0.3) is 5.69 Å². The molecule has 7 heteroatoms. The van der Waals surface area contributed by atoms with E-state index in [1.165, 1.54) is 22.7 Å². The van der Waals surface area contributed by atoms with Crippen molar-refractivity contribution in [3.05, 3.63) is 48.7 Å². The van der Waals surface area contributed by atoms with Crippen LogP contribution in [0.15, 0.2) is 28.2 Å². The molecule has 2 aromatic rings. The number of hydrogen-bond acceptors (Lipinski definition) is 5. The van der Waals surface area contributed by atoms with Gasteiger partial charge in [0.1, 0.15) is 12.0 Å². The molecule has 19 heavy (non-hydrogen) atoms. The molecule has 100 valence electrons. The molecule has 2 heterocycles. The number of anilines is 1. The zero-order valence-electron chi connectivity index (χ0n) is 10.2. The molecule has 0 saturated carbocycles. The average molecular weight is 342 g/mol. The van der Waals surface area contributed by atoms with E-state index >= 15 is 0 Å². The van der Waals surface area contributed by atoms with E-state index in [0.29, 0.717) is 16.8 Å². The second-order valence-electron chi connectivity index (χ2n) is 3.86. The van der Waals surface area contributed by atoms with Gasteiger partial charge in [-0.05, 0) is 39.4 Å². The zero-order chi connectivity index (χ0) is 13.8. The Morgan fingerprint density at radius 3 is 3.00 bits per heavy atom. The van der Waals surface area contributed by atoms with Crippen LogP contribution in [-0.4, -0.2) is 9.91 Å². The highest BCUT2D eigenvalue weighted by Gasteiger charge is 2.11. The van der Waals surface area contributed by atoms with Crippen LogP contribution in [0.25, 0.3) is 0 Å². The Kier molecular flexibility index (Phi) is 4.49. The maximum absolute atomic E-state index is 10.6. The third-order valence-corrected chi connectivity index (χ3v) is 4.24. The van der Waals surface area contributed by atoms with Crippen molar-refractivity contribution in [1.29, 1.82) is 0 Å². The Bertz CT molecular complexity index is 600. The highest BCUT2D eigenvalue weighted by molar-refractivity contribution is 9.10. The SMILES string of the molecule is CCc1ccsc1CNc1ncc([N+](=O)[O-])cc1Br. The van der Waals surface area contributed by atoms with Crippen LogP contribution in [0.4, 0.5) is 11.5 Å². The summed E-state index contributed by atoms with van der Waals surface area (Å²) in [6, 6.07) is 3.56. The normalized spacial score (nSPS) is 10.4. The van der Waals surface area contributed by atoms with Gasteiger partial charge in [0, 0.05) is 10.9 Å². The standard InChI is InChI=1S/C12H12BrN3O2S/c1-2-8-3-4-19-11(8)7-15-12-10(13)5-9(6-14-12)16(17)18/h3-6H,2,7H2,1H3,(H,14,15). The lowest BCUT2D eigenvalue weighted by molar-refractivity contribution is -0.385. The molecule has 0 bridgehead atoms. The van der Waals surface area contributed by atoms with Gasteiger partial charge in [0.15, 0.2) is 0 Å². The summed E-state index contributed by atoms with van der Waals surface area (Å²) in [5.41, 5.74) is 1.29. The molecule has 0 radical (unpaired) electrons. The topological polar surface area (TPSA) is 68.1 Å². The Labute approximate surface area is 123 Å². The summed E-state index contributed by atoms with van der Waals surface area (Å²) in [6.07, 6.45) is 2.25. The van der Waals surface area contributed by atoms with Gasteiger partial charge >= 0.3 is 0 Å². The summed E-state index contributed by atoms with van der Waals surface area (Å²) < 4.78 is 0.594. The third kappa shape index (κ3) is 3.30. The first-order chi connectivity index (χ1) is 9.11. The summed E-state index contributed by atoms with van der Waals surface area (Å²) in [6.45, 7) is 2.79. The van der Waals surface area contributed by atoms with Crippen LogP contribution >= 0.6 is 27.3 Å². The summed E-state index contributed by atoms with van der Waals surface area (Å²) in [4.78, 5) is 15.5. The lowest BCUT2D eigenvalue weighted by Crippen LogP contribution is -2.03. The molecule has 2 rings (SSSR count). The van der Waals surface area contributed by atoms with Crippen LogP contribution in [0.1, 0.15) is 17.4 Å². The van der Waals surface area contributed by atoms with Gasteiger partial charge in [-0.15, -0.1) is 11.3 Å². The minimum absolute atomic E-state index is 0.0252. The van der Waals surface area contributed by atoms with E-state index in [1.807, 2.05) is 0 Å². The Morgan fingerprint density at radius 1 is 1.58 bits per heavy atom. The van der Waals surface area contributed by atoms with Gasteiger partial charge < -0.3 is 5.32 Å². The maximum Gasteiger partial charge on any atom is 0.288 e. The summed E-state index contributed by atoms with van der Waals surface area (Å²) >= 11 is 4.98. The van der Waals surface area contributed by atoms with Crippen molar-refractivity contribution in [2.45, 2.75) is 19.9 Å². The highest BCUT2D eigenvalue weighted by atomic mass is 79.9. The monoisotopic (exact) mass is 341 g/mol. The minimum atomic E-state index is -0.462. The molecule has 0 atom stereocenters. The van der Waals surface area contributed by atoms with E-state index in [0.717, 1.165) is 6.42 Å². The molecule has 0 unspecified atom stereocenters. The Hall–Kier alpha value is -1.47. The van der Waals surface area contributed by atoms with E-state index in [4.69, 9.17) is 0 Å². The van der Waals surface area contributed by atoms with Gasteiger partial charge in [-0.2, -0.15) is 0 Å². The molecule has 0 aliphatic heterocycles. The molecular formula is C12H12BrN3O2S. The number of nitrogens with zero attached hydrogens (tertiary/aromatic N) is 2. The van der Waals surface area contributed by atoms with E-state index in [2.05, 4.69) is 44.6 Å². The molecule has 5 nitrogen and oxygen atoms in total. The molecule has 0 saturated heterocycles. The van der Waals surface area contributed by atoms with Crippen molar-refractivity contribution in [2.24, 2.45) is 0 Å².